The third kappa shape index (κ3) is 2.76. The molecule has 4 atom stereocenters. The molecule has 0 aromatic heterocycles. The van der Waals surface area contributed by atoms with E-state index in [9.17, 15) is 5.11 Å². The van der Waals surface area contributed by atoms with Crippen molar-refractivity contribution < 1.29 is 9.84 Å². The Morgan fingerprint density at radius 3 is 3.06 bits per heavy atom. The van der Waals surface area contributed by atoms with Crippen LogP contribution < -0.4 is 0 Å². The molecule has 1 N–H and O–H groups in total. The summed E-state index contributed by atoms with van der Waals surface area (Å²) in [5.41, 5.74) is 0. The molecule has 0 spiro atoms. The Morgan fingerprint density at radius 1 is 1.50 bits per heavy atom. The van der Waals surface area contributed by atoms with Gasteiger partial charge in [-0.2, -0.15) is 0 Å². The topological polar surface area (TPSA) is 32.7 Å². The van der Waals surface area contributed by atoms with Gasteiger partial charge in [0, 0.05) is 12.6 Å². The summed E-state index contributed by atoms with van der Waals surface area (Å²) >= 11 is 0. The molecule has 0 aromatic rings. The van der Waals surface area contributed by atoms with Gasteiger partial charge in [-0.3, -0.25) is 4.90 Å². The van der Waals surface area contributed by atoms with Gasteiger partial charge in [0.25, 0.3) is 0 Å². The second-order valence-corrected chi connectivity index (χ2v) is 5.48. The van der Waals surface area contributed by atoms with E-state index in [1.807, 2.05) is 0 Å². The van der Waals surface area contributed by atoms with Gasteiger partial charge in [-0.1, -0.05) is 20.3 Å². The van der Waals surface area contributed by atoms with Gasteiger partial charge < -0.3 is 9.84 Å². The van der Waals surface area contributed by atoms with E-state index in [4.69, 9.17) is 4.74 Å². The first-order valence-electron chi connectivity index (χ1n) is 6.74. The van der Waals surface area contributed by atoms with Crippen LogP contribution in [0.5, 0.6) is 0 Å². The number of fused-ring (bicyclic) bond motifs is 1. The number of hydrogen-bond acceptors (Lipinski definition) is 3. The van der Waals surface area contributed by atoms with E-state index in [0.717, 1.165) is 26.0 Å². The van der Waals surface area contributed by atoms with Gasteiger partial charge >= 0.3 is 0 Å². The monoisotopic (exact) mass is 227 g/mol. The van der Waals surface area contributed by atoms with Crippen LogP contribution in [-0.2, 0) is 4.74 Å². The minimum atomic E-state index is -0.281. The lowest BCUT2D eigenvalue weighted by Crippen LogP contribution is -2.50. The quantitative estimate of drug-likeness (QED) is 0.792. The molecule has 2 aliphatic rings. The highest BCUT2D eigenvalue weighted by atomic mass is 16.5. The van der Waals surface area contributed by atoms with E-state index in [0.29, 0.717) is 12.0 Å². The van der Waals surface area contributed by atoms with Crippen molar-refractivity contribution in [2.24, 2.45) is 5.92 Å². The fraction of sp³-hybridized carbons (Fsp3) is 1.00. The number of aliphatic hydroxyl groups excluding tert-OH is 1. The Balaban J connectivity index is 1.81. The molecule has 2 saturated heterocycles. The first-order chi connectivity index (χ1) is 7.70. The number of aliphatic hydroxyl groups is 1. The molecule has 2 rings (SSSR count). The molecule has 4 unspecified atom stereocenters. The molecule has 2 fully saturated rings. The van der Waals surface area contributed by atoms with Crippen molar-refractivity contribution in [2.45, 2.75) is 57.8 Å². The molecule has 3 nitrogen and oxygen atoms in total. The van der Waals surface area contributed by atoms with E-state index >= 15 is 0 Å². The molecule has 0 amide bonds. The van der Waals surface area contributed by atoms with Crippen LogP contribution in [0.3, 0.4) is 0 Å². The van der Waals surface area contributed by atoms with E-state index in [-0.39, 0.29) is 12.2 Å². The Bertz CT molecular complexity index is 222. The average Bonchev–Trinajstić information content (AvgIpc) is 2.75. The normalized spacial score (nSPS) is 34.7. The first-order valence-corrected chi connectivity index (χ1v) is 6.74. The van der Waals surface area contributed by atoms with Crippen molar-refractivity contribution in [3.05, 3.63) is 0 Å². The molecular formula is C13H25NO2. The van der Waals surface area contributed by atoms with Crippen LogP contribution in [0.1, 0.15) is 39.5 Å². The van der Waals surface area contributed by atoms with Crippen LogP contribution in [0.4, 0.5) is 0 Å². The Labute approximate surface area is 98.8 Å². The summed E-state index contributed by atoms with van der Waals surface area (Å²) in [5, 5.41) is 10.1. The number of rotatable bonds is 4. The van der Waals surface area contributed by atoms with Gasteiger partial charge in [0.1, 0.15) is 0 Å². The smallest absolute Gasteiger partial charge is 0.0961 e. The van der Waals surface area contributed by atoms with Gasteiger partial charge in [0.05, 0.1) is 18.8 Å². The van der Waals surface area contributed by atoms with Crippen molar-refractivity contribution in [3.63, 3.8) is 0 Å². The molecular weight excluding hydrogens is 202 g/mol. The van der Waals surface area contributed by atoms with E-state index in [2.05, 4.69) is 18.7 Å². The van der Waals surface area contributed by atoms with Crippen molar-refractivity contribution in [1.82, 2.24) is 4.90 Å². The van der Waals surface area contributed by atoms with E-state index in [1.54, 1.807) is 0 Å². The predicted molar refractivity (Wildman–Crippen MR) is 64.4 cm³/mol. The van der Waals surface area contributed by atoms with Crippen LogP contribution in [0.2, 0.25) is 0 Å². The van der Waals surface area contributed by atoms with Gasteiger partial charge in [-0.15, -0.1) is 0 Å². The number of hydrogen-bond donors (Lipinski definition) is 1. The maximum atomic E-state index is 10.1. The maximum Gasteiger partial charge on any atom is 0.0961 e. The van der Waals surface area contributed by atoms with E-state index < -0.39 is 0 Å². The Morgan fingerprint density at radius 2 is 2.31 bits per heavy atom. The number of morpholine rings is 1. The first kappa shape index (κ1) is 12.3. The Hall–Kier alpha value is -0.120. The highest BCUT2D eigenvalue weighted by molar-refractivity contribution is 4.87. The number of ether oxygens (including phenoxy) is 1. The van der Waals surface area contributed by atoms with Crippen molar-refractivity contribution in [1.29, 1.82) is 0 Å². The summed E-state index contributed by atoms with van der Waals surface area (Å²) < 4.78 is 5.81. The van der Waals surface area contributed by atoms with Gasteiger partial charge in [0.2, 0.25) is 0 Å². The SMILES string of the molecule is CCC(C)CC(O)C1CN2CCCC2CO1. The fourth-order valence-electron chi connectivity index (χ4n) is 2.81. The lowest BCUT2D eigenvalue weighted by molar-refractivity contribution is -0.106. The molecule has 0 radical (unpaired) electrons. The summed E-state index contributed by atoms with van der Waals surface area (Å²) in [4.78, 5) is 2.49. The highest BCUT2D eigenvalue weighted by Gasteiger charge is 2.35. The lowest BCUT2D eigenvalue weighted by Gasteiger charge is -2.37. The molecule has 0 aromatic carbocycles. The summed E-state index contributed by atoms with van der Waals surface area (Å²) in [6.45, 7) is 7.32. The summed E-state index contributed by atoms with van der Waals surface area (Å²) in [5.74, 6) is 0.593. The van der Waals surface area contributed by atoms with Crippen LogP contribution in [0.15, 0.2) is 0 Å². The van der Waals surface area contributed by atoms with Crippen molar-refractivity contribution in [3.8, 4) is 0 Å². The molecule has 0 aliphatic carbocycles. The van der Waals surface area contributed by atoms with Crippen molar-refractivity contribution >= 4 is 0 Å². The van der Waals surface area contributed by atoms with Crippen LogP contribution >= 0.6 is 0 Å². The van der Waals surface area contributed by atoms with Crippen LogP contribution in [-0.4, -0.2) is 48.0 Å². The van der Waals surface area contributed by atoms with Gasteiger partial charge in [-0.05, 0) is 31.7 Å². The maximum absolute atomic E-state index is 10.1. The standard InChI is InChI=1S/C13H25NO2/c1-3-10(2)7-12(15)13-8-14-6-4-5-11(14)9-16-13/h10-13,15H,3-9H2,1-2H3. The summed E-state index contributed by atoms with van der Waals surface area (Å²) in [7, 11) is 0. The lowest BCUT2D eigenvalue weighted by atomic mass is 9.97. The molecule has 2 heterocycles. The second-order valence-electron chi connectivity index (χ2n) is 5.48. The fourth-order valence-corrected chi connectivity index (χ4v) is 2.81. The van der Waals surface area contributed by atoms with Gasteiger partial charge in [-0.25, -0.2) is 0 Å². The third-order valence-corrected chi connectivity index (χ3v) is 4.19. The minimum absolute atomic E-state index is 0.0448. The zero-order valence-corrected chi connectivity index (χ0v) is 10.6. The predicted octanol–water partition coefficient (Wildman–Crippen LogP) is 1.65. The van der Waals surface area contributed by atoms with Gasteiger partial charge in [0.15, 0.2) is 0 Å². The van der Waals surface area contributed by atoms with E-state index in [1.165, 1.54) is 19.4 Å². The molecule has 0 bridgehead atoms. The highest BCUT2D eigenvalue weighted by Crippen LogP contribution is 2.25. The van der Waals surface area contributed by atoms with Crippen molar-refractivity contribution in [2.75, 3.05) is 19.7 Å². The largest absolute Gasteiger partial charge is 0.390 e. The zero-order valence-electron chi connectivity index (χ0n) is 10.6. The molecule has 94 valence electrons. The number of nitrogens with zero attached hydrogens (tertiary/aromatic N) is 1. The molecule has 0 saturated carbocycles. The molecule has 3 heteroatoms. The zero-order chi connectivity index (χ0) is 11.5. The minimum Gasteiger partial charge on any atom is -0.390 e. The molecule has 2 aliphatic heterocycles. The molecule has 16 heavy (non-hydrogen) atoms. The Kier molecular flexibility index (Phi) is 4.22. The second kappa shape index (κ2) is 5.48. The average molecular weight is 227 g/mol. The van der Waals surface area contributed by atoms with Crippen LogP contribution in [0.25, 0.3) is 0 Å². The summed E-state index contributed by atoms with van der Waals surface area (Å²) in [6.07, 6.45) is 4.34. The van der Waals surface area contributed by atoms with Crippen LogP contribution in [0, 0.1) is 5.92 Å². The third-order valence-electron chi connectivity index (χ3n) is 4.19. The summed E-state index contributed by atoms with van der Waals surface area (Å²) in [6, 6.07) is 0.632.